The van der Waals surface area contributed by atoms with Crippen molar-refractivity contribution >= 4 is 11.7 Å². The Bertz CT molecular complexity index is 745. The van der Waals surface area contributed by atoms with Crippen LogP contribution in [0.2, 0.25) is 0 Å². The third-order valence-corrected chi connectivity index (χ3v) is 4.72. The molecule has 2 heterocycles. The molecule has 1 fully saturated rings. The van der Waals surface area contributed by atoms with Gasteiger partial charge in [-0.3, -0.25) is 4.79 Å². The summed E-state index contributed by atoms with van der Waals surface area (Å²) >= 11 is 0. The van der Waals surface area contributed by atoms with E-state index >= 15 is 0 Å². The molecule has 3 rings (SSSR count). The highest BCUT2D eigenvalue weighted by atomic mass is 16.5. The molecular weight excluding hydrogens is 314 g/mol. The van der Waals surface area contributed by atoms with Gasteiger partial charge >= 0.3 is 0 Å². The van der Waals surface area contributed by atoms with Gasteiger partial charge in [0.15, 0.2) is 0 Å². The van der Waals surface area contributed by atoms with Gasteiger partial charge in [-0.1, -0.05) is 12.1 Å². The maximum absolute atomic E-state index is 12.9. The number of carbonyl (C=O) groups is 1. The van der Waals surface area contributed by atoms with Crippen LogP contribution in [-0.2, 0) is 0 Å². The first-order chi connectivity index (χ1) is 12.1. The summed E-state index contributed by atoms with van der Waals surface area (Å²) in [7, 11) is 5.54. The van der Waals surface area contributed by atoms with E-state index in [0.717, 1.165) is 37.5 Å². The Morgan fingerprint density at radius 1 is 1.28 bits per heavy atom. The molecule has 2 aromatic rings. The standard InChI is InChI=1S/C20H25N3O2/c1-22(2)19-13-16(9-10-21-19)20(24)23-11-5-7-17(14-23)15-6-4-8-18(12-15)25-3/h4,6,8-10,12-13,17H,5,7,11,14H2,1-3H3/t17-/m1/s1. The number of benzene rings is 1. The third kappa shape index (κ3) is 3.92. The highest BCUT2D eigenvalue weighted by molar-refractivity contribution is 5.95. The van der Waals surface area contributed by atoms with Crippen LogP contribution < -0.4 is 9.64 Å². The number of piperidine rings is 1. The number of anilines is 1. The van der Waals surface area contributed by atoms with Gasteiger partial charge in [-0.15, -0.1) is 0 Å². The number of ether oxygens (including phenoxy) is 1. The molecule has 1 aliphatic heterocycles. The number of carbonyl (C=O) groups excluding carboxylic acids is 1. The quantitative estimate of drug-likeness (QED) is 0.858. The lowest BCUT2D eigenvalue weighted by Gasteiger charge is -2.33. The van der Waals surface area contributed by atoms with Crippen molar-refractivity contribution in [3.8, 4) is 5.75 Å². The molecule has 1 atom stereocenters. The number of rotatable bonds is 4. The molecule has 0 spiro atoms. The van der Waals surface area contributed by atoms with Gasteiger partial charge in [-0.25, -0.2) is 4.98 Å². The molecule has 0 aliphatic carbocycles. The minimum atomic E-state index is 0.0816. The summed E-state index contributed by atoms with van der Waals surface area (Å²) < 4.78 is 5.33. The first-order valence-electron chi connectivity index (χ1n) is 8.65. The number of methoxy groups -OCH3 is 1. The van der Waals surface area contributed by atoms with Gasteiger partial charge < -0.3 is 14.5 Å². The van der Waals surface area contributed by atoms with E-state index in [0.29, 0.717) is 11.5 Å². The molecule has 1 aliphatic rings. The zero-order chi connectivity index (χ0) is 17.8. The van der Waals surface area contributed by atoms with Gasteiger partial charge in [-0.2, -0.15) is 0 Å². The summed E-state index contributed by atoms with van der Waals surface area (Å²) in [5, 5.41) is 0. The predicted molar refractivity (Wildman–Crippen MR) is 99.4 cm³/mol. The Morgan fingerprint density at radius 3 is 2.88 bits per heavy atom. The van der Waals surface area contributed by atoms with Gasteiger partial charge in [0.25, 0.3) is 5.91 Å². The second-order valence-electron chi connectivity index (χ2n) is 6.66. The van der Waals surface area contributed by atoms with E-state index in [1.54, 1.807) is 19.4 Å². The summed E-state index contributed by atoms with van der Waals surface area (Å²) in [6.07, 6.45) is 3.81. The predicted octanol–water partition coefficient (Wildman–Crippen LogP) is 3.18. The van der Waals surface area contributed by atoms with Crippen LogP contribution in [0.1, 0.15) is 34.7 Å². The summed E-state index contributed by atoms with van der Waals surface area (Å²) in [6.45, 7) is 1.55. The third-order valence-electron chi connectivity index (χ3n) is 4.72. The SMILES string of the molecule is COc1cccc([C@@H]2CCCN(C(=O)c3ccnc(N(C)C)c3)C2)c1. The Hall–Kier alpha value is -2.56. The smallest absolute Gasteiger partial charge is 0.254 e. The highest BCUT2D eigenvalue weighted by Crippen LogP contribution is 2.29. The van der Waals surface area contributed by atoms with Gasteiger partial charge in [-0.05, 0) is 42.7 Å². The van der Waals surface area contributed by atoms with Gasteiger partial charge in [0.2, 0.25) is 0 Å². The van der Waals surface area contributed by atoms with Crippen molar-refractivity contribution in [3.63, 3.8) is 0 Å². The Morgan fingerprint density at radius 2 is 2.12 bits per heavy atom. The van der Waals surface area contributed by atoms with Gasteiger partial charge in [0.05, 0.1) is 7.11 Å². The van der Waals surface area contributed by atoms with Crippen LogP contribution in [0, 0.1) is 0 Å². The largest absolute Gasteiger partial charge is 0.497 e. The number of amides is 1. The maximum atomic E-state index is 12.9. The molecule has 5 nitrogen and oxygen atoms in total. The maximum Gasteiger partial charge on any atom is 0.254 e. The van der Waals surface area contributed by atoms with Crippen LogP contribution in [0.5, 0.6) is 5.75 Å². The van der Waals surface area contributed by atoms with Crippen LogP contribution in [0.15, 0.2) is 42.6 Å². The lowest BCUT2D eigenvalue weighted by molar-refractivity contribution is 0.0707. The molecule has 1 amide bonds. The molecular formula is C20H25N3O2. The van der Waals surface area contributed by atoms with Crippen LogP contribution in [0.25, 0.3) is 0 Å². The molecule has 0 unspecified atom stereocenters. The molecule has 5 heteroatoms. The van der Waals surface area contributed by atoms with Crippen LogP contribution in [0.3, 0.4) is 0 Å². The Balaban J connectivity index is 1.76. The molecule has 0 bridgehead atoms. The van der Waals surface area contributed by atoms with E-state index in [9.17, 15) is 4.79 Å². The molecule has 0 N–H and O–H groups in total. The van der Waals surface area contributed by atoms with Crippen molar-refractivity contribution in [3.05, 3.63) is 53.7 Å². The second kappa shape index (κ2) is 7.55. The molecule has 25 heavy (non-hydrogen) atoms. The Kier molecular flexibility index (Phi) is 5.22. The average molecular weight is 339 g/mol. The molecule has 1 aromatic heterocycles. The van der Waals surface area contributed by atoms with E-state index in [4.69, 9.17) is 4.74 Å². The molecule has 132 valence electrons. The lowest BCUT2D eigenvalue weighted by Crippen LogP contribution is -2.39. The number of aromatic nitrogens is 1. The number of pyridine rings is 1. The van der Waals surface area contributed by atoms with Crippen molar-refractivity contribution in [1.29, 1.82) is 0 Å². The van der Waals surface area contributed by atoms with E-state index in [1.165, 1.54) is 5.56 Å². The molecule has 0 radical (unpaired) electrons. The van der Waals surface area contributed by atoms with Crippen LogP contribution >= 0.6 is 0 Å². The lowest BCUT2D eigenvalue weighted by atomic mass is 9.90. The number of hydrogen-bond acceptors (Lipinski definition) is 4. The molecule has 1 saturated heterocycles. The minimum absolute atomic E-state index is 0.0816. The van der Waals surface area contributed by atoms with Crippen molar-refractivity contribution < 1.29 is 9.53 Å². The first-order valence-corrected chi connectivity index (χ1v) is 8.65. The summed E-state index contributed by atoms with van der Waals surface area (Å²) in [6, 6.07) is 11.8. The van der Waals surface area contributed by atoms with Crippen molar-refractivity contribution in [2.24, 2.45) is 0 Å². The molecule has 0 saturated carbocycles. The topological polar surface area (TPSA) is 45.7 Å². The van der Waals surface area contributed by atoms with Crippen molar-refractivity contribution in [1.82, 2.24) is 9.88 Å². The number of likely N-dealkylation sites (tertiary alicyclic amines) is 1. The fraction of sp³-hybridized carbons (Fsp3) is 0.400. The first kappa shape index (κ1) is 17.3. The normalized spacial score (nSPS) is 17.2. The zero-order valence-electron chi connectivity index (χ0n) is 15.1. The summed E-state index contributed by atoms with van der Waals surface area (Å²) in [5.74, 6) is 2.10. The van der Waals surface area contributed by atoms with Crippen molar-refractivity contribution in [2.45, 2.75) is 18.8 Å². The van der Waals surface area contributed by atoms with E-state index in [1.807, 2.05) is 42.1 Å². The van der Waals surface area contributed by atoms with E-state index < -0.39 is 0 Å². The number of nitrogens with zero attached hydrogens (tertiary/aromatic N) is 3. The number of hydrogen-bond donors (Lipinski definition) is 0. The Labute approximate surface area is 149 Å². The van der Waals surface area contributed by atoms with E-state index in [2.05, 4.69) is 17.1 Å². The average Bonchev–Trinajstić information content (AvgIpc) is 2.67. The van der Waals surface area contributed by atoms with E-state index in [-0.39, 0.29) is 5.91 Å². The summed E-state index contributed by atoms with van der Waals surface area (Å²) in [5.41, 5.74) is 1.94. The second-order valence-corrected chi connectivity index (χ2v) is 6.66. The van der Waals surface area contributed by atoms with Crippen LogP contribution in [-0.4, -0.2) is 50.1 Å². The monoisotopic (exact) mass is 339 g/mol. The van der Waals surface area contributed by atoms with Crippen molar-refractivity contribution in [2.75, 3.05) is 39.2 Å². The fourth-order valence-corrected chi connectivity index (χ4v) is 3.31. The fourth-order valence-electron chi connectivity index (χ4n) is 3.31. The summed E-state index contributed by atoms with van der Waals surface area (Å²) in [4.78, 5) is 21.1. The van der Waals surface area contributed by atoms with Gasteiger partial charge in [0.1, 0.15) is 11.6 Å². The zero-order valence-corrected chi connectivity index (χ0v) is 15.1. The van der Waals surface area contributed by atoms with Gasteiger partial charge in [0, 0.05) is 44.9 Å². The highest BCUT2D eigenvalue weighted by Gasteiger charge is 2.26. The van der Waals surface area contributed by atoms with Crippen LogP contribution in [0.4, 0.5) is 5.82 Å². The molecule has 1 aromatic carbocycles. The minimum Gasteiger partial charge on any atom is -0.497 e.